The van der Waals surface area contributed by atoms with Crippen LogP contribution in [0.1, 0.15) is 27.3 Å². The van der Waals surface area contributed by atoms with Crippen LogP contribution in [0.4, 0.5) is 0 Å². The molecule has 3 N–H and O–H groups in total. The summed E-state index contributed by atoms with van der Waals surface area (Å²) in [5.41, 5.74) is 2.89. The van der Waals surface area contributed by atoms with Crippen LogP contribution < -0.4 is 10.5 Å². The Labute approximate surface area is 168 Å². The van der Waals surface area contributed by atoms with Crippen LogP contribution in [-0.4, -0.2) is 23.9 Å². The molecule has 0 atom stereocenters. The van der Waals surface area contributed by atoms with E-state index in [9.17, 15) is 13.2 Å². The van der Waals surface area contributed by atoms with Crippen LogP contribution in [0.3, 0.4) is 0 Å². The van der Waals surface area contributed by atoms with Gasteiger partial charge in [0.1, 0.15) is 5.69 Å². The molecule has 0 bridgehead atoms. The molecular formula is C19H19ClN4O3S. The van der Waals surface area contributed by atoms with E-state index in [0.717, 1.165) is 16.8 Å². The molecule has 3 rings (SSSR count). The van der Waals surface area contributed by atoms with Crippen molar-refractivity contribution < 1.29 is 13.2 Å². The summed E-state index contributed by atoms with van der Waals surface area (Å²) in [7, 11) is -3.73. The predicted molar refractivity (Wildman–Crippen MR) is 107 cm³/mol. The summed E-state index contributed by atoms with van der Waals surface area (Å²) in [6, 6.07) is 13.5. The van der Waals surface area contributed by atoms with E-state index >= 15 is 0 Å². The third-order valence-electron chi connectivity index (χ3n) is 4.29. The molecular weight excluding hydrogens is 400 g/mol. The second-order valence-electron chi connectivity index (χ2n) is 6.30. The van der Waals surface area contributed by atoms with E-state index in [4.69, 9.17) is 16.7 Å². The molecule has 1 aromatic heterocycles. The van der Waals surface area contributed by atoms with E-state index in [1.165, 1.54) is 12.1 Å². The fraction of sp³-hybridized carbons (Fsp3) is 0.158. The van der Waals surface area contributed by atoms with Crippen LogP contribution in [-0.2, 0) is 23.1 Å². The van der Waals surface area contributed by atoms with Gasteiger partial charge >= 0.3 is 0 Å². The Kier molecular flexibility index (Phi) is 5.83. The molecule has 0 spiro atoms. The number of halogens is 1. The second-order valence-corrected chi connectivity index (χ2v) is 8.30. The number of nitrogens with two attached hydrogens (primary N) is 1. The fourth-order valence-electron chi connectivity index (χ4n) is 2.68. The highest BCUT2D eigenvalue weighted by molar-refractivity contribution is 7.89. The summed E-state index contributed by atoms with van der Waals surface area (Å²) in [4.78, 5) is 16.7. The zero-order valence-electron chi connectivity index (χ0n) is 15.1. The molecule has 0 unspecified atom stereocenters. The Morgan fingerprint density at radius 3 is 2.32 bits per heavy atom. The number of nitrogens with one attached hydrogen (secondary N) is 1. The van der Waals surface area contributed by atoms with Gasteiger partial charge in [-0.05, 0) is 42.3 Å². The van der Waals surface area contributed by atoms with Gasteiger partial charge in [0.25, 0.3) is 5.91 Å². The molecule has 1 heterocycles. The Hall–Kier alpha value is -2.68. The Bertz CT molecular complexity index is 1090. The highest BCUT2D eigenvalue weighted by Crippen LogP contribution is 2.14. The van der Waals surface area contributed by atoms with Crippen LogP contribution in [0.5, 0.6) is 0 Å². The van der Waals surface area contributed by atoms with Crippen molar-refractivity contribution in [2.45, 2.75) is 24.9 Å². The lowest BCUT2D eigenvalue weighted by Crippen LogP contribution is -2.24. The smallest absolute Gasteiger partial charge is 0.272 e. The standard InChI is InChI=1S/C19H19ClN4O3S/c1-13-18(23-12-24(13)11-15-2-6-16(20)7-3-15)19(25)22-10-14-4-8-17(9-5-14)28(21,26)27/h2-9,12H,10-11H2,1H3,(H,22,25)(H2,21,26,27). The minimum atomic E-state index is -3.73. The first-order valence-electron chi connectivity index (χ1n) is 8.40. The number of primary sulfonamides is 1. The maximum atomic E-state index is 12.5. The van der Waals surface area contributed by atoms with Gasteiger partial charge in [0.2, 0.25) is 10.0 Å². The minimum absolute atomic E-state index is 0.0272. The molecule has 0 saturated carbocycles. The van der Waals surface area contributed by atoms with Gasteiger partial charge in [-0.15, -0.1) is 0 Å². The number of carbonyl (C=O) groups is 1. The van der Waals surface area contributed by atoms with Gasteiger partial charge in [0.05, 0.1) is 11.2 Å². The van der Waals surface area contributed by atoms with Gasteiger partial charge in [0, 0.05) is 23.8 Å². The number of benzene rings is 2. The first kappa shape index (κ1) is 20.1. The molecule has 0 radical (unpaired) electrons. The maximum absolute atomic E-state index is 12.5. The fourth-order valence-corrected chi connectivity index (χ4v) is 3.32. The van der Waals surface area contributed by atoms with Gasteiger partial charge in [-0.2, -0.15) is 0 Å². The van der Waals surface area contributed by atoms with Crippen molar-refractivity contribution >= 4 is 27.5 Å². The molecule has 0 aliphatic rings. The zero-order chi connectivity index (χ0) is 20.3. The van der Waals surface area contributed by atoms with Crippen molar-refractivity contribution in [3.8, 4) is 0 Å². The van der Waals surface area contributed by atoms with Gasteiger partial charge in [0.15, 0.2) is 0 Å². The highest BCUT2D eigenvalue weighted by Gasteiger charge is 2.15. The third-order valence-corrected chi connectivity index (χ3v) is 5.47. The zero-order valence-corrected chi connectivity index (χ0v) is 16.7. The van der Waals surface area contributed by atoms with Crippen molar-refractivity contribution in [1.29, 1.82) is 0 Å². The SMILES string of the molecule is Cc1c(C(=O)NCc2ccc(S(N)(=O)=O)cc2)ncn1Cc1ccc(Cl)cc1. The second kappa shape index (κ2) is 8.14. The molecule has 0 aliphatic heterocycles. The van der Waals surface area contributed by atoms with E-state index in [0.29, 0.717) is 17.3 Å². The maximum Gasteiger partial charge on any atom is 0.272 e. The van der Waals surface area contributed by atoms with Crippen LogP contribution in [0.25, 0.3) is 0 Å². The van der Waals surface area contributed by atoms with Gasteiger partial charge in [-0.25, -0.2) is 18.5 Å². The number of hydrogen-bond acceptors (Lipinski definition) is 4. The lowest BCUT2D eigenvalue weighted by atomic mass is 10.2. The highest BCUT2D eigenvalue weighted by atomic mass is 35.5. The van der Waals surface area contributed by atoms with Crippen molar-refractivity contribution in [1.82, 2.24) is 14.9 Å². The Balaban J connectivity index is 1.65. The number of hydrogen-bond donors (Lipinski definition) is 2. The van der Waals surface area contributed by atoms with Crippen LogP contribution >= 0.6 is 11.6 Å². The largest absolute Gasteiger partial charge is 0.347 e. The quantitative estimate of drug-likeness (QED) is 0.641. The Morgan fingerprint density at radius 2 is 1.71 bits per heavy atom. The summed E-state index contributed by atoms with van der Waals surface area (Å²) < 4.78 is 24.4. The number of nitrogens with zero attached hydrogens (tertiary/aromatic N) is 2. The third kappa shape index (κ3) is 4.78. The number of imidazole rings is 1. The molecule has 3 aromatic rings. The molecule has 7 nitrogen and oxygen atoms in total. The summed E-state index contributed by atoms with van der Waals surface area (Å²) in [5, 5.41) is 8.53. The van der Waals surface area contributed by atoms with Crippen molar-refractivity contribution in [3.63, 3.8) is 0 Å². The van der Waals surface area contributed by atoms with Crippen LogP contribution in [0, 0.1) is 6.92 Å². The minimum Gasteiger partial charge on any atom is -0.347 e. The average molecular weight is 419 g/mol. The number of sulfonamides is 1. The lowest BCUT2D eigenvalue weighted by Gasteiger charge is -2.08. The molecule has 28 heavy (non-hydrogen) atoms. The van der Waals surface area contributed by atoms with E-state index in [1.807, 2.05) is 35.8 Å². The summed E-state index contributed by atoms with van der Waals surface area (Å²) in [6.07, 6.45) is 1.62. The number of amides is 1. The van der Waals surface area contributed by atoms with E-state index in [2.05, 4.69) is 10.3 Å². The summed E-state index contributed by atoms with van der Waals surface area (Å²) in [5.74, 6) is -0.303. The van der Waals surface area contributed by atoms with Crippen molar-refractivity contribution in [2.24, 2.45) is 5.14 Å². The molecule has 1 amide bonds. The number of carbonyl (C=O) groups excluding carboxylic acids is 1. The summed E-state index contributed by atoms with van der Waals surface area (Å²) >= 11 is 5.90. The van der Waals surface area contributed by atoms with Crippen molar-refractivity contribution in [2.75, 3.05) is 0 Å². The molecule has 0 fully saturated rings. The predicted octanol–water partition coefficient (Wildman–Crippen LogP) is 2.47. The first-order valence-corrected chi connectivity index (χ1v) is 10.3. The first-order chi connectivity index (χ1) is 13.2. The normalized spacial score (nSPS) is 11.4. The molecule has 0 saturated heterocycles. The number of rotatable bonds is 6. The van der Waals surface area contributed by atoms with Gasteiger partial charge in [-0.1, -0.05) is 35.9 Å². The monoisotopic (exact) mass is 418 g/mol. The Morgan fingerprint density at radius 1 is 1.11 bits per heavy atom. The van der Waals surface area contributed by atoms with Crippen LogP contribution in [0.15, 0.2) is 59.8 Å². The molecule has 0 aliphatic carbocycles. The van der Waals surface area contributed by atoms with E-state index in [-0.39, 0.29) is 17.3 Å². The van der Waals surface area contributed by atoms with Crippen molar-refractivity contribution in [3.05, 3.63) is 82.4 Å². The topological polar surface area (TPSA) is 107 Å². The number of aromatic nitrogens is 2. The summed E-state index contributed by atoms with van der Waals surface area (Å²) in [6.45, 7) is 2.66. The lowest BCUT2D eigenvalue weighted by molar-refractivity contribution is 0.0945. The van der Waals surface area contributed by atoms with E-state index < -0.39 is 10.0 Å². The molecule has 9 heteroatoms. The molecule has 2 aromatic carbocycles. The van der Waals surface area contributed by atoms with E-state index in [1.54, 1.807) is 18.5 Å². The van der Waals surface area contributed by atoms with Gasteiger partial charge in [-0.3, -0.25) is 4.79 Å². The van der Waals surface area contributed by atoms with Gasteiger partial charge < -0.3 is 9.88 Å². The average Bonchev–Trinajstić information content (AvgIpc) is 3.02. The molecule has 146 valence electrons. The van der Waals surface area contributed by atoms with Crippen LogP contribution in [0.2, 0.25) is 5.02 Å².